The van der Waals surface area contributed by atoms with Crippen molar-refractivity contribution in [3.63, 3.8) is 0 Å². The number of aromatic nitrogens is 1. The van der Waals surface area contributed by atoms with Crippen LogP contribution in [0.4, 0.5) is 0 Å². The van der Waals surface area contributed by atoms with Gasteiger partial charge in [0.1, 0.15) is 0 Å². The third-order valence-electron chi connectivity index (χ3n) is 4.19. The number of pyridine rings is 1. The summed E-state index contributed by atoms with van der Waals surface area (Å²) in [6, 6.07) is 3.93. The highest BCUT2D eigenvalue weighted by atomic mass is 16.5. The van der Waals surface area contributed by atoms with Crippen LogP contribution in [0.25, 0.3) is 0 Å². The average molecular weight is 379 g/mol. The van der Waals surface area contributed by atoms with Gasteiger partial charge in [0.2, 0.25) is 5.88 Å². The predicted octanol–water partition coefficient (Wildman–Crippen LogP) is 2.51. The summed E-state index contributed by atoms with van der Waals surface area (Å²) in [5.74, 6) is 1.47. The SMILES string of the molecule is CCCCOc1ncccc1CN=C(NCC)NCCCOC1CCOC1. The first-order valence-electron chi connectivity index (χ1n) is 10.1. The summed E-state index contributed by atoms with van der Waals surface area (Å²) in [6.07, 6.45) is 6.09. The van der Waals surface area contributed by atoms with Crippen molar-refractivity contribution in [1.82, 2.24) is 15.6 Å². The Bertz CT molecular complexity index is 548. The Morgan fingerprint density at radius 2 is 2.22 bits per heavy atom. The van der Waals surface area contributed by atoms with Gasteiger partial charge in [0, 0.05) is 38.1 Å². The third-order valence-corrected chi connectivity index (χ3v) is 4.19. The molecule has 0 aromatic carbocycles. The molecule has 2 heterocycles. The van der Waals surface area contributed by atoms with Gasteiger partial charge in [-0.3, -0.25) is 0 Å². The molecule has 152 valence electrons. The molecule has 7 heteroatoms. The maximum Gasteiger partial charge on any atom is 0.218 e. The first-order chi connectivity index (χ1) is 13.3. The number of hydrogen-bond acceptors (Lipinski definition) is 5. The Balaban J connectivity index is 1.76. The van der Waals surface area contributed by atoms with E-state index < -0.39 is 0 Å². The molecule has 7 nitrogen and oxygen atoms in total. The lowest BCUT2D eigenvalue weighted by molar-refractivity contribution is 0.0420. The van der Waals surface area contributed by atoms with E-state index in [1.54, 1.807) is 6.20 Å². The smallest absolute Gasteiger partial charge is 0.218 e. The number of nitrogens with zero attached hydrogens (tertiary/aromatic N) is 2. The van der Waals surface area contributed by atoms with E-state index in [1.807, 2.05) is 12.1 Å². The molecule has 0 aliphatic carbocycles. The lowest BCUT2D eigenvalue weighted by Crippen LogP contribution is -2.38. The summed E-state index contributed by atoms with van der Waals surface area (Å²) in [5, 5.41) is 6.63. The van der Waals surface area contributed by atoms with E-state index in [0.29, 0.717) is 19.0 Å². The Morgan fingerprint density at radius 3 is 3.00 bits per heavy atom. The Morgan fingerprint density at radius 1 is 1.30 bits per heavy atom. The highest BCUT2D eigenvalue weighted by Gasteiger charge is 2.15. The molecule has 0 bridgehead atoms. The van der Waals surface area contributed by atoms with Crippen LogP contribution in [0.1, 0.15) is 45.1 Å². The number of unbranched alkanes of at least 4 members (excludes halogenated alkanes) is 1. The number of guanidine groups is 1. The Labute approximate surface area is 162 Å². The van der Waals surface area contributed by atoms with Gasteiger partial charge in [-0.25, -0.2) is 9.98 Å². The highest BCUT2D eigenvalue weighted by molar-refractivity contribution is 5.79. The average Bonchev–Trinajstić information content (AvgIpc) is 3.20. The van der Waals surface area contributed by atoms with Crippen molar-refractivity contribution in [3.8, 4) is 5.88 Å². The van der Waals surface area contributed by atoms with Crippen LogP contribution in [0.3, 0.4) is 0 Å². The van der Waals surface area contributed by atoms with Gasteiger partial charge in [-0.1, -0.05) is 19.4 Å². The number of nitrogens with one attached hydrogen (secondary N) is 2. The van der Waals surface area contributed by atoms with Crippen molar-refractivity contribution in [1.29, 1.82) is 0 Å². The number of hydrogen-bond donors (Lipinski definition) is 2. The number of aliphatic imine (C=N–C) groups is 1. The van der Waals surface area contributed by atoms with Crippen LogP contribution in [-0.2, 0) is 16.0 Å². The molecule has 0 amide bonds. The summed E-state index contributed by atoms with van der Waals surface area (Å²) in [6.45, 7) is 9.33. The largest absolute Gasteiger partial charge is 0.477 e. The van der Waals surface area contributed by atoms with Crippen LogP contribution < -0.4 is 15.4 Å². The van der Waals surface area contributed by atoms with Gasteiger partial charge in [-0.2, -0.15) is 0 Å². The molecule has 1 fully saturated rings. The molecule has 1 aromatic rings. The zero-order chi connectivity index (χ0) is 19.2. The van der Waals surface area contributed by atoms with Crippen LogP contribution >= 0.6 is 0 Å². The van der Waals surface area contributed by atoms with Crippen LogP contribution in [0.2, 0.25) is 0 Å². The number of ether oxygens (including phenoxy) is 3. The molecule has 2 N–H and O–H groups in total. The van der Waals surface area contributed by atoms with Gasteiger partial charge in [0.25, 0.3) is 0 Å². The molecule has 0 saturated carbocycles. The van der Waals surface area contributed by atoms with Gasteiger partial charge in [-0.05, 0) is 32.3 Å². The van der Waals surface area contributed by atoms with Crippen LogP contribution in [0.15, 0.2) is 23.3 Å². The van der Waals surface area contributed by atoms with Crippen LogP contribution in [0.5, 0.6) is 5.88 Å². The highest BCUT2D eigenvalue weighted by Crippen LogP contribution is 2.15. The number of rotatable bonds is 12. The van der Waals surface area contributed by atoms with E-state index in [0.717, 1.165) is 70.1 Å². The van der Waals surface area contributed by atoms with E-state index >= 15 is 0 Å². The summed E-state index contributed by atoms with van der Waals surface area (Å²) in [4.78, 5) is 9.00. The summed E-state index contributed by atoms with van der Waals surface area (Å²) in [7, 11) is 0. The molecule has 1 aromatic heterocycles. The van der Waals surface area contributed by atoms with Gasteiger partial charge in [-0.15, -0.1) is 0 Å². The minimum absolute atomic E-state index is 0.267. The maximum absolute atomic E-state index is 5.79. The quantitative estimate of drug-likeness (QED) is 0.331. The van der Waals surface area contributed by atoms with Crippen molar-refractivity contribution >= 4 is 5.96 Å². The van der Waals surface area contributed by atoms with Crippen molar-refractivity contribution in [2.24, 2.45) is 4.99 Å². The van der Waals surface area contributed by atoms with Crippen molar-refractivity contribution in [3.05, 3.63) is 23.9 Å². The topological polar surface area (TPSA) is 77.0 Å². The fourth-order valence-corrected chi connectivity index (χ4v) is 2.67. The molecule has 2 rings (SSSR count). The van der Waals surface area contributed by atoms with E-state index in [-0.39, 0.29) is 6.10 Å². The molecule has 0 spiro atoms. The van der Waals surface area contributed by atoms with Gasteiger partial charge < -0.3 is 24.8 Å². The van der Waals surface area contributed by atoms with Crippen LogP contribution in [0, 0.1) is 0 Å². The molecular weight excluding hydrogens is 344 g/mol. The second-order valence-corrected chi connectivity index (χ2v) is 6.50. The first kappa shape index (κ1) is 21.4. The second-order valence-electron chi connectivity index (χ2n) is 6.50. The molecule has 1 atom stereocenters. The van der Waals surface area contributed by atoms with E-state index in [2.05, 4.69) is 34.5 Å². The van der Waals surface area contributed by atoms with E-state index in [9.17, 15) is 0 Å². The minimum atomic E-state index is 0.267. The lowest BCUT2D eigenvalue weighted by Gasteiger charge is -2.13. The van der Waals surface area contributed by atoms with Crippen molar-refractivity contribution in [2.45, 2.75) is 52.2 Å². The molecule has 1 unspecified atom stereocenters. The molecule has 1 aliphatic heterocycles. The summed E-state index contributed by atoms with van der Waals surface area (Å²) in [5.41, 5.74) is 0.996. The summed E-state index contributed by atoms with van der Waals surface area (Å²) >= 11 is 0. The van der Waals surface area contributed by atoms with Gasteiger partial charge in [0.15, 0.2) is 5.96 Å². The molecular formula is C20H34N4O3. The summed E-state index contributed by atoms with van der Waals surface area (Å²) < 4.78 is 16.9. The molecule has 27 heavy (non-hydrogen) atoms. The Kier molecular flexibility index (Phi) is 10.6. The first-order valence-corrected chi connectivity index (χ1v) is 10.1. The van der Waals surface area contributed by atoms with Gasteiger partial charge >= 0.3 is 0 Å². The standard InChI is InChI=1S/C20H34N4O3/c1-3-5-12-27-19-17(8-6-10-22-19)15-24-20(21-4-2)23-11-7-13-26-18-9-14-25-16-18/h6,8,10,18H,3-5,7,9,11-16H2,1-2H3,(H2,21,23,24). The van der Waals surface area contributed by atoms with Crippen molar-refractivity contribution < 1.29 is 14.2 Å². The Hall–Kier alpha value is -1.86. The fourth-order valence-electron chi connectivity index (χ4n) is 2.67. The van der Waals surface area contributed by atoms with Crippen LogP contribution in [-0.4, -0.2) is 56.6 Å². The molecule has 1 saturated heterocycles. The lowest BCUT2D eigenvalue weighted by atomic mass is 10.2. The normalized spacial score (nSPS) is 17.1. The zero-order valence-corrected chi connectivity index (χ0v) is 16.7. The van der Waals surface area contributed by atoms with E-state index in [1.165, 1.54) is 0 Å². The fraction of sp³-hybridized carbons (Fsp3) is 0.700. The molecule has 1 aliphatic rings. The predicted molar refractivity (Wildman–Crippen MR) is 107 cm³/mol. The van der Waals surface area contributed by atoms with Gasteiger partial charge in [0.05, 0.1) is 25.9 Å². The zero-order valence-electron chi connectivity index (χ0n) is 16.7. The van der Waals surface area contributed by atoms with E-state index in [4.69, 9.17) is 14.2 Å². The second kappa shape index (κ2) is 13.3. The van der Waals surface area contributed by atoms with Crippen molar-refractivity contribution in [2.75, 3.05) is 39.5 Å². The minimum Gasteiger partial charge on any atom is -0.477 e. The maximum atomic E-state index is 5.79. The molecule has 0 radical (unpaired) electrons. The monoisotopic (exact) mass is 378 g/mol. The third kappa shape index (κ3) is 8.58.